The van der Waals surface area contributed by atoms with E-state index in [-0.39, 0.29) is 11.7 Å². The topological polar surface area (TPSA) is 151 Å². The van der Waals surface area contributed by atoms with Crippen LogP contribution in [-0.4, -0.2) is 58.7 Å². The number of thiol groups is 1. The lowest BCUT2D eigenvalue weighted by atomic mass is 10.0. The molecule has 0 saturated carbocycles. The lowest BCUT2D eigenvalue weighted by Gasteiger charge is -2.22. The number of nitrogens with one attached hydrogen (secondary N) is 3. The van der Waals surface area contributed by atoms with Gasteiger partial charge in [0.15, 0.2) is 0 Å². The van der Waals surface area contributed by atoms with Crippen LogP contribution < -0.4 is 21.7 Å². The summed E-state index contributed by atoms with van der Waals surface area (Å²) in [6.07, 6.45) is 0. The van der Waals surface area contributed by atoms with Crippen LogP contribution in [0.2, 0.25) is 0 Å². The predicted octanol–water partition coefficient (Wildman–Crippen LogP) is -1.52. The third-order valence-electron chi connectivity index (χ3n) is 3.32. The fourth-order valence-corrected chi connectivity index (χ4v) is 1.80. The van der Waals surface area contributed by atoms with Crippen LogP contribution in [0.1, 0.15) is 27.7 Å². The molecule has 3 amide bonds. The highest BCUT2D eigenvalue weighted by Crippen LogP contribution is 1.99. The molecule has 0 heterocycles. The third-order valence-corrected chi connectivity index (χ3v) is 3.68. The van der Waals surface area contributed by atoms with E-state index in [0.29, 0.717) is 0 Å². The molecule has 0 aromatic heterocycles. The number of hydrogen-bond donors (Lipinski definition) is 6. The number of hydrogen-bond acceptors (Lipinski definition) is 6. The van der Waals surface area contributed by atoms with Crippen molar-refractivity contribution in [2.75, 3.05) is 5.75 Å². The summed E-state index contributed by atoms with van der Waals surface area (Å²) in [5.41, 5.74) is 5.69. The highest BCUT2D eigenvalue weighted by Gasteiger charge is 2.27. The minimum absolute atomic E-state index is 0.0317. The summed E-state index contributed by atoms with van der Waals surface area (Å²) in [4.78, 5) is 46.6. The molecule has 0 saturated heterocycles. The molecule has 138 valence electrons. The second-order valence-electron chi connectivity index (χ2n) is 5.81. The van der Waals surface area contributed by atoms with E-state index in [2.05, 4.69) is 28.6 Å². The van der Waals surface area contributed by atoms with Crippen LogP contribution in [0.15, 0.2) is 0 Å². The average molecular weight is 362 g/mol. The van der Waals surface area contributed by atoms with Gasteiger partial charge in [-0.3, -0.25) is 19.2 Å². The maximum atomic E-state index is 12.1. The zero-order valence-corrected chi connectivity index (χ0v) is 15.1. The normalized spacial score (nSPS) is 15.8. The monoisotopic (exact) mass is 362 g/mol. The first-order valence-electron chi connectivity index (χ1n) is 7.51. The molecule has 6 N–H and O–H groups in total. The Bertz CT molecular complexity index is 486. The largest absolute Gasteiger partial charge is 0.480 e. The molecule has 0 aliphatic heterocycles. The molecule has 4 unspecified atom stereocenters. The van der Waals surface area contributed by atoms with Crippen molar-refractivity contribution >= 4 is 36.3 Å². The second-order valence-corrected chi connectivity index (χ2v) is 6.18. The van der Waals surface area contributed by atoms with Crippen molar-refractivity contribution in [3.05, 3.63) is 0 Å². The highest BCUT2D eigenvalue weighted by atomic mass is 32.1. The van der Waals surface area contributed by atoms with Crippen molar-refractivity contribution in [1.29, 1.82) is 0 Å². The lowest BCUT2D eigenvalue weighted by molar-refractivity contribution is -0.141. The number of carbonyl (C=O) groups excluding carboxylic acids is 3. The fourth-order valence-electron chi connectivity index (χ4n) is 1.54. The Balaban J connectivity index is 4.66. The first-order valence-corrected chi connectivity index (χ1v) is 8.14. The predicted molar refractivity (Wildman–Crippen MR) is 91.4 cm³/mol. The maximum Gasteiger partial charge on any atom is 0.325 e. The summed E-state index contributed by atoms with van der Waals surface area (Å²) in [5.74, 6) is -3.07. The van der Waals surface area contributed by atoms with Crippen LogP contribution in [0.5, 0.6) is 0 Å². The van der Waals surface area contributed by atoms with Crippen LogP contribution in [-0.2, 0) is 19.2 Å². The summed E-state index contributed by atoms with van der Waals surface area (Å²) in [5, 5.41) is 15.9. The Morgan fingerprint density at radius 3 is 1.83 bits per heavy atom. The first-order chi connectivity index (χ1) is 11.0. The molecule has 4 atom stereocenters. The van der Waals surface area contributed by atoms with Gasteiger partial charge in [0.25, 0.3) is 0 Å². The Hall–Kier alpha value is -1.81. The maximum absolute atomic E-state index is 12.1. The molecule has 0 bridgehead atoms. The van der Waals surface area contributed by atoms with Crippen LogP contribution in [0, 0.1) is 5.92 Å². The van der Waals surface area contributed by atoms with E-state index in [9.17, 15) is 19.2 Å². The zero-order chi connectivity index (χ0) is 19.0. The lowest BCUT2D eigenvalue weighted by Crippen LogP contribution is -2.57. The van der Waals surface area contributed by atoms with Crippen LogP contribution in [0.4, 0.5) is 0 Å². The van der Waals surface area contributed by atoms with Crippen molar-refractivity contribution in [3.63, 3.8) is 0 Å². The minimum Gasteiger partial charge on any atom is -0.480 e. The van der Waals surface area contributed by atoms with E-state index in [1.54, 1.807) is 13.8 Å². The molecule has 10 heteroatoms. The first kappa shape index (κ1) is 22.2. The number of nitrogens with two attached hydrogens (primary N) is 1. The molecule has 0 aromatic carbocycles. The van der Waals surface area contributed by atoms with Crippen molar-refractivity contribution in [2.45, 2.75) is 51.9 Å². The second kappa shape index (κ2) is 10.1. The molecule has 0 aliphatic carbocycles. The number of amides is 3. The van der Waals surface area contributed by atoms with Gasteiger partial charge in [0, 0.05) is 5.75 Å². The standard InChI is InChI=1S/C14H26N4O5S/c1-6(2)10(15)13(21)16-7(3)11(19)18-9(5-24)12(20)17-8(4)14(22)23/h6-10,24H,5,15H2,1-4H3,(H,16,21)(H,17,20)(H,18,19)(H,22,23). The van der Waals surface area contributed by atoms with Crippen molar-refractivity contribution in [2.24, 2.45) is 11.7 Å². The molecule has 0 aliphatic rings. The number of aliphatic carboxylic acids is 1. The Kier molecular flexibility index (Phi) is 9.37. The van der Waals surface area contributed by atoms with Crippen molar-refractivity contribution < 1.29 is 24.3 Å². The van der Waals surface area contributed by atoms with Crippen molar-refractivity contribution in [3.8, 4) is 0 Å². The van der Waals surface area contributed by atoms with Gasteiger partial charge in [0.1, 0.15) is 18.1 Å². The third kappa shape index (κ3) is 7.18. The van der Waals surface area contributed by atoms with Gasteiger partial charge in [0.2, 0.25) is 17.7 Å². The average Bonchev–Trinajstić information content (AvgIpc) is 2.50. The summed E-state index contributed by atoms with van der Waals surface area (Å²) >= 11 is 3.97. The summed E-state index contributed by atoms with van der Waals surface area (Å²) < 4.78 is 0. The Morgan fingerprint density at radius 2 is 1.42 bits per heavy atom. The summed E-state index contributed by atoms with van der Waals surface area (Å²) in [7, 11) is 0. The van der Waals surface area contributed by atoms with E-state index in [4.69, 9.17) is 10.8 Å². The van der Waals surface area contributed by atoms with E-state index in [0.717, 1.165) is 0 Å². The van der Waals surface area contributed by atoms with Gasteiger partial charge < -0.3 is 26.8 Å². The SMILES string of the molecule is CC(NC(=O)C(CS)NC(=O)C(C)NC(=O)C(N)C(C)C)C(=O)O. The van der Waals surface area contributed by atoms with Gasteiger partial charge in [-0.25, -0.2) is 0 Å². The molecule has 9 nitrogen and oxygen atoms in total. The minimum atomic E-state index is -1.20. The Labute approximate surface area is 146 Å². The number of carboxylic acid groups (broad SMARTS) is 1. The molecular formula is C14H26N4O5S. The van der Waals surface area contributed by atoms with Crippen molar-refractivity contribution in [1.82, 2.24) is 16.0 Å². The van der Waals surface area contributed by atoms with E-state index < -0.39 is 47.9 Å². The molecule has 24 heavy (non-hydrogen) atoms. The zero-order valence-electron chi connectivity index (χ0n) is 14.2. The molecule has 0 rings (SSSR count). The highest BCUT2D eigenvalue weighted by molar-refractivity contribution is 7.80. The van der Waals surface area contributed by atoms with E-state index in [1.807, 2.05) is 0 Å². The molecule has 0 radical (unpaired) electrons. The molecular weight excluding hydrogens is 336 g/mol. The number of carboxylic acids is 1. The van der Waals surface area contributed by atoms with Crippen LogP contribution >= 0.6 is 12.6 Å². The van der Waals surface area contributed by atoms with Gasteiger partial charge in [-0.2, -0.15) is 12.6 Å². The molecule has 0 fully saturated rings. The van der Waals surface area contributed by atoms with Crippen LogP contribution in [0.3, 0.4) is 0 Å². The van der Waals surface area contributed by atoms with E-state index >= 15 is 0 Å². The van der Waals surface area contributed by atoms with Gasteiger partial charge in [-0.1, -0.05) is 13.8 Å². The molecule has 0 aromatic rings. The van der Waals surface area contributed by atoms with Gasteiger partial charge in [-0.15, -0.1) is 0 Å². The molecule has 0 spiro atoms. The quantitative estimate of drug-likeness (QED) is 0.274. The smallest absolute Gasteiger partial charge is 0.325 e. The van der Waals surface area contributed by atoms with Gasteiger partial charge >= 0.3 is 5.97 Å². The number of carbonyl (C=O) groups is 4. The number of rotatable bonds is 9. The fraction of sp³-hybridized carbons (Fsp3) is 0.714. The summed E-state index contributed by atoms with van der Waals surface area (Å²) in [6.45, 7) is 6.31. The Morgan fingerprint density at radius 1 is 0.917 bits per heavy atom. The summed E-state index contributed by atoms with van der Waals surface area (Å²) in [6, 6.07) is -3.78. The van der Waals surface area contributed by atoms with Gasteiger partial charge in [0.05, 0.1) is 6.04 Å². The van der Waals surface area contributed by atoms with Crippen LogP contribution in [0.25, 0.3) is 0 Å². The van der Waals surface area contributed by atoms with E-state index in [1.165, 1.54) is 13.8 Å². The van der Waals surface area contributed by atoms with Gasteiger partial charge in [-0.05, 0) is 19.8 Å².